The van der Waals surface area contributed by atoms with Crippen LogP contribution in [0.4, 0.5) is 0 Å². The Morgan fingerprint density at radius 3 is 3.00 bits per heavy atom. The van der Waals surface area contributed by atoms with E-state index in [1.165, 1.54) is 17.3 Å². The molecule has 0 atom stereocenters. The van der Waals surface area contributed by atoms with Crippen molar-refractivity contribution in [3.63, 3.8) is 0 Å². The smallest absolute Gasteiger partial charge is 0.128 e. The van der Waals surface area contributed by atoms with Crippen molar-refractivity contribution in [2.75, 3.05) is 5.75 Å². The second-order valence-corrected chi connectivity index (χ2v) is 4.94. The maximum atomic E-state index is 8.58. The van der Waals surface area contributed by atoms with Crippen molar-refractivity contribution < 1.29 is 0 Å². The molecular weight excluding hydrogens is 226 g/mol. The lowest BCUT2D eigenvalue weighted by Gasteiger charge is -2.01. The molecule has 15 heavy (non-hydrogen) atoms. The molecule has 0 amide bonds. The van der Waals surface area contributed by atoms with Gasteiger partial charge in [0, 0.05) is 5.39 Å². The third-order valence-corrected chi connectivity index (χ3v) is 3.80. The highest BCUT2D eigenvalue weighted by atomic mass is 32.2. The minimum Gasteiger partial charge on any atom is -0.226 e. The van der Waals surface area contributed by atoms with Gasteiger partial charge in [0.2, 0.25) is 0 Å². The van der Waals surface area contributed by atoms with Crippen LogP contribution in [0.15, 0.2) is 10.4 Å². The maximum Gasteiger partial charge on any atom is 0.128 e. The van der Waals surface area contributed by atoms with Crippen LogP contribution in [0.5, 0.6) is 0 Å². The summed E-state index contributed by atoms with van der Waals surface area (Å²) in [4.78, 5) is 9.77. The van der Waals surface area contributed by atoms with E-state index in [4.69, 9.17) is 5.26 Å². The van der Waals surface area contributed by atoms with Gasteiger partial charge in [0.25, 0.3) is 0 Å². The molecule has 0 aliphatic rings. The van der Waals surface area contributed by atoms with Crippen LogP contribution < -0.4 is 0 Å². The zero-order chi connectivity index (χ0) is 10.8. The molecule has 0 saturated heterocycles. The molecule has 2 rings (SSSR count). The Morgan fingerprint density at radius 1 is 1.47 bits per heavy atom. The van der Waals surface area contributed by atoms with Gasteiger partial charge in [-0.15, -0.1) is 11.3 Å². The molecule has 76 valence electrons. The van der Waals surface area contributed by atoms with Crippen molar-refractivity contribution in [1.29, 1.82) is 5.26 Å². The number of fused-ring (bicyclic) bond motifs is 1. The molecule has 0 radical (unpaired) electrons. The summed E-state index contributed by atoms with van der Waals surface area (Å²) in [5.74, 6) is 1.20. The Labute approximate surface area is 96.2 Å². The van der Waals surface area contributed by atoms with Gasteiger partial charge in [-0.2, -0.15) is 5.26 Å². The molecule has 5 heteroatoms. The van der Waals surface area contributed by atoms with Gasteiger partial charge in [0.05, 0.1) is 11.8 Å². The van der Waals surface area contributed by atoms with Crippen molar-refractivity contribution in [3.05, 3.63) is 16.8 Å². The Hall–Kier alpha value is -1.12. The summed E-state index contributed by atoms with van der Waals surface area (Å²) in [5, 5.41) is 12.7. The Balaban J connectivity index is 2.59. The van der Waals surface area contributed by atoms with Crippen LogP contribution in [0.3, 0.4) is 0 Å². The van der Waals surface area contributed by atoms with Crippen LogP contribution in [-0.2, 0) is 0 Å². The molecular formula is C10H9N3S2. The van der Waals surface area contributed by atoms with Gasteiger partial charge in [-0.05, 0) is 24.8 Å². The Bertz CT molecular complexity index is 539. The Kier molecular flexibility index (Phi) is 2.89. The zero-order valence-corrected chi connectivity index (χ0v) is 10.1. The minimum absolute atomic E-state index is 0.431. The lowest BCUT2D eigenvalue weighted by Crippen LogP contribution is -1.91. The number of rotatable bonds is 2. The third kappa shape index (κ3) is 1.96. The predicted octanol–water partition coefficient (Wildman–Crippen LogP) is 2.92. The summed E-state index contributed by atoms with van der Waals surface area (Å²) in [6.45, 7) is 3.93. The van der Waals surface area contributed by atoms with Crippen molar-refractivity contribution in [1.82, 2.24) is 9.97 Å². The average Bonchev–Trinajstić information content (AvgIpc) is 2.56. The number of aryl methyl sites for hydroxylation is 2. The number of hydrogen-bond acceptors (Lipinski definition) is 5. The van der Waals surface area contributed by atoms with Gasteiger partial charge in [-0.25, -0.2) is 9.97 Å². The number of aromatic nitrogens is 2. The molecule has 0 unspecified atom stereocenters. The number of nitriles is 1. The fourth-order valence-electron chi connectivity index (χ4n) is 1.35. The largest absolute Gasteiger partial charge is 0.226 e. The second-order valence-electron chi connectivity index (χ2n) is 3.12. The molecule has 0 aromatic carbocycles. The van der Waals surface area contributed by atoms with Crippen LogP contribution in [0, 0.1) is 25.2 Å². The van der Waals surface area contributed by atoms with Gasteiger partial charge in [-0.3, -0.25) is 0 Å². The second kappa shape index (κ2) is 4.17. The van der Waals surface area contributed by atoms with E-state index in [1.54, 1.807) is 11.3 Å². The van der Waals surface area contributed by atoms with Crippen molar-refractivity contribution in [3.8, 4) is 6.07 Å². The third-order valence-electron chi connectivity index (χ3n) is 1.97. The van der Waals surface area contributed by atoms with Crippen LogP contribution in [-0.4, -0.2) is 15.7 Å². The molecule has 0 aliphatic heterocycles. The highest BCUT2D eigenvalue weighted by molar-refractivity contribution is 7.99. The SMILES string of the molecule is Cc1nc(SCC#N)c2c(C)csc2n1. The fraction of sp³-hybridized carbons (Fsp3) is 0.300. The molecule has 3 nitrogen and oxygen atoms in total. The van der Waals surface area contributed by atoms with Crippen LogP contribution in [0.1, 0.15) is 11.4 Å². The molecule has 0 N–H and O–H groups in total. The van der Waals surface area contributed by atoms with Crippen molar-refractivity contribution in [2.45, 2.75) is 18.9 Å². The van der Waals surface area contributed by atoms with Gasteiger partial charge >= 0.3 is 0 Å². The quantitative estimate of drug-likeness (QED) is 0.593. The summed E-state index contributed by atoms with van der Waals surface area (Å²) < 4.78 is 0. The maximum absolute atomic E-state index is 8.58. The topological polar surface area (TPSA) is 49.6 Å². The Morgan fingerprint density at radius 2 is 2.27 bits per heavy atom. The summed E-state index contributed by atoms with van der Waals surface area (Å²) in [6, 6.07) is 2.12. The van der Waals surface area contributed by atoms with E-state index in [2.05, 4.69) is 21.4 Å². The molecule has 0 bridgehead atoms. The van der Waals surface area contributed by atoms with E-state index in [0.29, 0.717) is 5.75 Å². The van der Waals surface area contributed by atoms with Crippen molar-refractivity contribution >= 4 is 33.3 Å². The first-order valence-corrected chi connectivity index (χ1v) is 6.31. The fourth-order valence-corrected chi connectivity index (χ4v) is 3.18. The average molecular weight is 235 g/mol. The number of nitrogens with zero attached hydrogens (tertiary/aromatic N) is 3. The van der Waals surface area contributed by atoms with E-state index in [1.807, 2.05) is 13.8 Å². The zero-order valence-electron chi connectivity index (χ0n) is 8.44. The molecule has 2 aromatic heterocycles. The summed E-state index contributed by atoms with van der Waals surface area (Å²) in [7, 11) is 0. The number of hydrogen-bond donors (Lipinski definition) is 0. The lowest BCUT2D eigenvalue weighted by molar-refractivity contribution is 1.01. The minimum atomic E-state index is 0.431. The highest BCUT2D eigenvalue weighted by Gasteiger charge is 2.10. The molecule has 0 saturated carbocycles. The van der Waals surface area contributed by atoms with Crippen LogP contribution in [0.25, 0.3) is 10.2 Å². The van der Waals surface area contributed by atoms with E-state index >= 15 is 0 Å². The first-order valence-electron chi connectivity index (χ1n) is 4.44. The van der Waals surface area contributed by atoms with Gasteiger partial charge in [0.1, 0.15) is 15.7 Å². The summed E-state index contributed by atoms with van der Waals surface area (Å²) in [5.41, 5.74) is 1.19. The van der Waals surface area contributed by atoms with E-state index < -0.39 is 0 Å². The molecule has 0 spiro atoms. The van der Waals surface area contributed by atoms with E-state index in [9.17, 15) is 0 Å². The number of thiophene rings is 1. The highest BCUT2D eigenvalue weighted by Crippen LogP contribution is 2.31. The van der Waals surface area contributed by atoms with E-state index in [0.717, 1.165) is 21.1 Å². The number of thioether (sulfide) groups is 1. The van der Waals surface area contributed by atoms with Gasteiger partial charge in [0.15, 0.2) is 0 Å². The van der Waals surface area contributed by atoms with Gasteiger partial charge < -0.3 is 0 Å². The van der Waals surface area contributed by atoms with Crippen LogP contribution >= 0.6 is 23.1 Å². The lowest BCUT2D eigenvalue weighted by atomic mass is 10.3. The van der Waals surface area contributed by atoms with E-state index in [-0.39, 0.29) is 0 Å². The molecule has 2 aromatic rings. The molecule has 0 fully saturated rings. The van der Waals surface area contributed by atoms with Crippen molar-refractivity contribution in [2.24, 2.45) is 0 Å². The summed E-state index contributed by atoms with van der Waals surface area (Å²) >= 11 is 3.11. The first-order chi connectivity index (χ1) is 7.22. The standard InChI is InChI=1S/C10H9N3S2/c1-6-5-15-10-8(6)9(14-4-3-11)12-7(2)13-10/h5H,4H2,1-2H3. The normalized spacial score (nSPS) is 10.5. The molecule has 0 aliphatic carbocycles. The van der Waals surface area contributed by atoms with Crippen LogP contribution in [0.2, 0.25) is 0 Å². The molecule has 2 heterocycles. The predicted molar refractivity (Wildman–Crippen MR) is 63.2 cm³/mol. The summed E-state index contributed by atoms with van der Waals surface area (Å²) in [6.07, 6.45) is 0. The van der Waals surface area contributed by atoms with Gasteiger partial charge in [-0.1, -0.05) is 11.8 Å². The first kappa shape index (κ1) is 10.4. The monoisotopic (exact) mass is 235 g/mol.